The van der Waals surface area contributed by atoms with Crippen molar-refractivity contribution in [1.82, 2.24) is 29.7 Å². The van der Waals surface area contributed by atoms with Crippen molar-refractivity contribution in [2.75, 3.05) is 5.32 Å². The zero-order chi connectivity index (χ0) is 26.3. The maximum Gasteiger partial charge on any atom is 0.418 e. The minimum Gasteiger partial charge on any atom is -0.433 e. The van der Waals surface area contributed by atoms with E-state index in [0.717, 1.165) is 18.9 Å². The molecule has 36 heavy (non-hydrogen) atoms. The summed E-state index contributed by atoms with van der Waals surface area (Å²) in [6.45, 7) is -1.55. The van der Waals surface area contributed by atoms with E-state index in [1.54, 1.807) is 0 Å². The van der Waals surface area contributed by atoms with Crippen LogP contribution in [-0.4, -0.2) is 36.3 Å². The number of aromatic nitrogens is 6. The van der Waals surface area contributed by atoms with E-state index in [1.165, 1.54) is 23.7 Å². The minimum atomic E-state index is -5.11. The number of alkyl halides is 8. The molecule has 0 spiro atoms. The number of nitrogens with one attached hydrogen (secondary N) is 1. The molecule has 1 atom stereocenters. The molecule has 0 fully saturated rings. The van der Waals surface area contributed by atoms with Crippen LogP contribution in [-0.2, 0) is 12.4 Å². The molecule has 190 valence electrons. The number of benzene rings is 1. The van der Waals surface area contributed by atoms with Crippen molar-refractivity contribution in [1.29, 1.82) is 0 Å². The quantitative estimate of drug-likeness (QED) is 0.341. The maximum atomic E-state index is 13.5. The van der Waals surface area contributed by atoms with E-state index in [4.69, 9.17) is 0 Å². The van der Waals surface area contributed by atoms with Crippen LogP contribution in [0.3, 0.4) is 0 Å². The fourth-order valence-corrected chi connectivity index (χ4v) is 3.32. The second-order valence-corrected chi connectivity index (χ2v) is 7.26. The fraction of sp³-hybridized carbons (Fsp3) is 0.250. The maximum absolute atomic E-state index is 13.5. The van der Waals surface area contributed by atoms with Crippen LogP contribution < -0.4 is 10.1 Å². The molecule has 8 nitrogen and oxygen atoms in total. The van der Waals surface area contributed by atoms with Crippen molar-refractivity contribution in [3.8, 4) is 11.6 Å². The summed E-state index contributed by atoms with van der Waals surface area (Å²) in [5.74, 6) is -0.258. The molecule has 0 radical (unpaired) electrons. The predicted molar refractivity (Wildman–Crippen MR) is 107 cm³/mol. The van der Waals surface area contributed by atoms with Gasteiger partial charge in [-0.15, -0.1) is 0 Å². The van der Waals surface area contributed by atoms with Crippen molar-refractivity contribution in [3.05, 3.63) is 60.1 Å². The second-order valence-electron chi connectivity index (χ2n) is 7.26. The molecule has 16 heteroatoms. The molecule has 0 aliphatic rings. The lowest BCUT2D eigenvalue weighted by atomic mass is 10.0. The lowest BCUT2D eigenvalue weighted by Gasteiger charge is -2.18. The molecular formula is C20H13F8N7O. The van der Waals surface area contributed by atoms with Gasteiger partial charge in [0.2, 0.25) is 0 Å². The molecule has 0 bridgehead atoms. The van der Waals surface area contributed by atoms with E-state index in [2.05, 4.69) is 35.1 Å². The summed E-state index contributed by atoms with van der Waals surface area (Å²) in [5.41, 5.74) is -3.81. The summed E-state index contributed by atoms with van der Waals surface area (Å²) in [6, 6.07) is 2.15. The summed E-state index contributed by atoms with van der Waals surface area (Å²) < 4.78 is 111. The fourth-order valence-electron chi connectivity index (χ4n) is 3.32. The van der Waals surface area contributed by atoms with Crippen LogP contribution in [0.4, 0.5) is 40.9 Å². The van der Waals surface area contributed by atoms with E-state index in [-0.39, 0.29) is 29.3 Å². The lowest BCUT2D eigenvalue weighted by Crippen LogP contribution is -2.17. The standard InChI is InChI=1S/C20H13F8N7O/c1-9(17-32-8-33-35(17)14-3-2-11(6-29-14)36-18(21)22)34-16-12-4-10(19(23,24)25)5-13(20(26,27)28)15(12)30-7-31-16/h2-9,18H,1H3,(H,30,31,34). The molecule has 1 N–H and O–H groups in total. The first-order valence-corrected chi connectivity index (χ1v) is 9.85. The predicted octanol–water partition coefficient (Wildman–Crippen LogP) is 5.42. The van der Waals surface area contributed by atoms with Gasteiger partial charge in [-0.3, -0.25) is 0 Å². The molecule has 1 aromatic carbocycles. The van der Waals surface area contributed by atoms with Crippen molar-refractivity contribution in [3.63, 3.8) is 0 Å². The van der Waals surface area contributed by atoms with Gasteiger partial charge in [0.25, 0.3) is 0 Å². The topological polar surface area (TPSA) is 90.6 Å². The summed E-state index contributed by atoms with van der Waals surface area (Å²) in [7, 11) is 0. The molecule has 4 aromatic rings. The Morgan fingerprint density at radius 2 is 1.67 bits per heavy atom. The van der Waals surface area contributed by atoms with E-state index >= 15 is 0 Å². The van der Waals surface area contributed by atoms with Crippen LogP contribution in [0.2, 0.25) is 0 Å². The first-order valence-electron chi connectivity index (χ1n) is 9.85. The number of hydrogen-bond donors (Lipinski definition) is 1. The molecule has 0 aliphatic carbocycles. The largest absolute Gasteiger partial charge is 0.433 e. The highest BCUT2D eigenvalue weighted by molar-refractivity contribution is 5.92. The first-order chi connectivity index (χ1) is 16.8. The van der Waals surface area contributed by atoms with E-state index in [9.17, 15) is 35.1 Å². The molecule has 0 amide bonds. The normalized spacial score (nSPS) is 13.3. The smallest absolute Gasteiger partial charge is 0.418 e. The highest BCUT2D eigenvalue weighted by atomic mass is 19.4. The Kier molecular flexibility index (Phi) is 6.36. The monoisotopic (exact) mass is 519 g/mol. The summed E-state index contributed by atoms with van der Waals surface area (Å²) in [4.78, 5) is 15.4. The highest BCUT2D eigenvalue weighted by Gasteiger charge is 2.39. The van der Waals surface area contributed by atoms with Gasteiger partial charge in [-0.1, -0.05) is 0 Å². The zero-order valence-corrected chi connectivity index (χ0v) is 17.8. The molecule has 3 aromatic heterocycles. The van der Waals surface area contributed by atoms with Gasteiger partial charge >= 0.3 is 19.0 Å². The van der Waals surface area contributed by atoms with Crippen LogP contribution in [0.25, 0.3) is 16.7 Å². The molecule has 0 saturated carbocycles. The number of rotatable bonds is 6. The Morgan fingerprint density at radius 1 is 0.917 bits per heavy atom. The third-order valence-electron chi connectivity index (χ3n) is 4.85. The lowest BCUT2D eigenvalue weighted by molar-refractivity contribution is -0.142. The van der Waals surface area contributed by atoms with Crippen LogP contribution in [0, 0.1) is 0 Å². The van der Waals surface area contributed by atoms with Crippen LogP contribution in [0.1, 0.15) is 29.9 Å². The number of anilines is 1. The Labute approximate surface area is 196 Å². The van der Waals surface area contributed by atoms with Gasteiger partial charge in [0.1, 0.15) is 24.2 Å². The zero-order valence-electron chi connectivity index (χ0n) is 17.8. The Hall–Kier alpha value is -4.11. The van der Waals surface area contributed by atoms with Gasteiger partial charge in [0.05, 0.1) is 28.9 Å². The molecule has 3 heterocycles. The molecule has 0 aliphatic heterocycles. The number of hydrogen-bond acceptors (Lipinski definition) is 7. The number of ether oxygens (including phenoxy) is 1. The first kappa shape index (κ1) is 25.0. The number of nitrogens with zero attached hydrogens (tertiary/aromatic N) is 6. The van der Waals surface area contributed by atoms with Crippen LogP contribution >= 0.6 is 0 Å². The van der Waals surface area contributed by atoms with Crippen molar-refractivity contribution < 1.29 is 39.9 Å². The minimum absolute atomic E-state index is 0.00769. The van der Waals surface area contributed by atoms with E-state index in [1.807, 2.05) is 0 Å². The van der Waals surface area contributed by atoms with Crippen molar-refractivity contribution in [2.24, 2.45) is 0 Å². The third-order valence-corrected chi connectivity index (χ3v) is 4.85. The molecule has 0 saturated heterocycles. The SMILES string of the molecule is CC(Nc1ncnc2c(C(F)(F)F)cc(C(F)(F)F)cc12)c1ncnn1-c1ccc(OC(F)F)cn1. The summed E-state index contributed by atoms with van der Waals surface area (Å²) in [6.07, 6.45) is -7.24. The van der Waals surface area contributed by atoms with Gasteiger partial charge in [-0.2, -0.15) is 44.9 Å². The highest BCUT2D eigenvalue weighted by Crippen LogP contribution is 2.40. The molecular weight excluding hydrogens is 506 g/mol. The van der Waals surface area contributed by atoms with Gasteiger partial charge < -0.3 is 10.1 Å². The van der Waals surface area contributed by atoms with Gasteiger partial charge in [0, 0.05) is 5.39 Å². The Balaban J connectivity index is 1.72. The average molecular weight is 519 g/mol. The number of halogens is 8. The van der Waals surface area contributed by atoms with Gasteiger partial charge in [0.15, 0.2) is 11.6 Å². The summed E-state index contributed by atoms with van der Waals surface area (Å²) in [5, 5.41) is 6.20. The second kappa shape index (κ2) is 9.16. The molecule has 4 rings (SSSR count). The summed E-state index contributed by atoms with van der Waals surface area (Å²) >= 11 is 0. The van der Waals surface area contributed by atoms with Gasteiger partial charge in [-0.05, 0) is 31.2 Å². The van der Waals surface area contributed by atoms with Crippen molar-refractivity contribution >= 4 is 16.7 Å². The van der Waals surface area contributed by atoms with E-state index < -0.39 is 47.0 Å². The Bertz CT molecular complexity index is 1370. The Morgan fingerprint density at radius 3 is 2.28 bits per heavy atom. The molecule has 1 unspecified atom stereocenters. The van der Waals surface area contributed by atoms with Crippen LogP contribution in [0.5, 0.6) is 5.75 Å². The number of pyridine rings is 1. The van der Waals surface area contributed by atoms with Gasteiger partial charge in [-0.25, -0.2) is 19.9 Å². The van der Waals surface area contributed by atoms with Crippen molar-refractivity contribution in [2.45, 2.75) is 31.9 Å². The third kappa shape index (κ3) is 5.11. The van der Waals surface area contributed by atoms with Crippen LogP contribution in [0.15, 0.2) is 43.1 Å². The average Bonchev–Trinajstić information content (AvgIpc) is 3.27. The van der Waals surface area contributed by atoms with E-state index in [0.29, 0.717) is 6.07 Å². The number of fused-ring (bicyclic) bond motifs is 1.